The molecule has 1 aliphatic rings. The number of aromatic nitrogens is 3. The van der Waals surface area contributed by atoms with Crippen molar-refractivity contribution in [3.63, 3.8) is 0 Å². The van der Waals surface area contributed by atoms with Gasteiger partial charge in [0.15, 0.2) is 5.82 Å². The van der Waals surface area contributed by atoms with Crippen molar-refractivity contribution in [3.8, 4) is 0 Å². The third-order valence-corrected chi connectivity index (χ3v) is 4.79. The number of rotatable bonds is 4. The fourth-order valence-electron chi connectivity index (χ4n) is 2.84. The fraction of sp³-hybridized carbons (Fsp3) is 0.400. The predicted molar refractivity (Wildman–Crippen MR) is 82.5 cm³/mol. The van der Waals surface area contributed by atoms with Crippen LogP contribution in [0.3, 0.4) is 0 Å². The van der Waals surface area contributed by atoms with Crippen molar-refractivity contribution < 1.29 is 4.52 Å². The van der Waals surface area contributed by atoms with Crippen LogP contribution in [0.2, 0.25) is 0 Å². The van der Waals surface area contributed by atoms with Gasteiger partial charge < -0.3 is 9.84 Å². The van der Waals surface area contributed by atoms with E-state index < -0.39 is 0 Å². The highest BCUT2D eigenvalue weighted by Gasteiger charge is 2.22. The summed E-state index contributed by atoms with van der Waals surface area (Å²) in [5, 5.41) is 7.43. The fourth-order valence-corrected chi connectivity index (χ4v) is 3.49. The molecular formula is C15H16N4OS. The van der Waals surface area contributed by atoms with Gasteiger partial charge in [-0.3, -0.25) is 0 Å². The van der Waals surface area contributed by atoms with Gasteiger partial charge in [0.1, 0.15) is 0 Å². The van der Waals surface area contributed by atoms with Gasteiger partial charge in [-0.2, -0.15) is 4.98 Å². The van der Waals surface area contributed by atoms with Crippen LogP contribution in [0.5, 0.6) is 0 Å². The molecule has 1 N–H and O–H groups in total. The van der Waals surface area contributed by atoms with Gasteiger partial charge >= 0.3 is 0 Å². The minimum absolute atomic E-state index is 0.494. The molecule has 108 valence electrons. The van der Waals surface area contributed by atoms with Gasteiger partial charge in [-0.25, -0.2) is 4.98 Å². The van der Waals surface area contributed by atoms with Crippen LogP contribution in [0.15, 0.2) is 28.2 Å². The summed E-state index contributed by atoms with van der Waals surface area (Å²) < 4.78 is 6.53. The van der Waals surface area contributed by atoms with Crippen LogP contribution in [-0.4, -0.2) is 15.1 Å². The normalized spacial score (nSPS) is 15.8. The Hall–Kier alpha value is -1.95. The highest BCUT2D eigenvalue weighted by molar-refractivity contribution is 7.16. The molecule has 0 bridgehead atoms. The average Bonchev–Trinajstić information content (AvgIpc) is 3.24. The monoisotopic (exact) mass is 300 g/mol. The van der Waals surface area contributed by atoms with Crippen molar-refractivity contribution in [1.29, 1.82) is 0 Å². The number of thiazole rings is 1. The zero-order valence-corrected chi connectivity index (χ0v) is 12.4. The molecule has 0 saturated heterocycles. The Morgan fingerprint density at radius 3 is 3.10 bits per heavy atom. The van der Waals surface area contributed by atoms with Gasteiger partial charge in [0, 0.05) is 11.6 Å². The molecule has 4 rings (SSSR count). The van der Waals surface area contributed by atoms with E-state index >= 15 is 0 Å². The summed E-state index contributed by atoms with van der Waals surface area (Å²) in [5.74, 6) is 2.02. The molecule has 0 spiro atoms. The molecule has 2 heterocycles. The van der Waals surface area contributed by atoms with Crippen molar-refractivity contribution in [2.24, 2.45) is 0 Å². The van der Waals surface area contributed by atoms with E-state index in [4.69, 9.17) is 4.52 Å². The van der Waals surface area contributed by atoms with Crippen LogP contribution < -0.4 is 5.32 Å². The van der Waals surface area contributed by atoms with Crippen molar-refractivity contribution in [2.45, 2.75) is 38.1 Å². The first-order valence-electron chi connectivity index (χ1n) is 7.28. The zero-order valence-electron chi connectivity index (χ0n) is 11.6. The average molecular weight is 300 g/mol. The molecule has 0 radical (unpaired) electrons. The van der Waals surface area contributed by atoms with Crippen LogP contribution in [-0.2, 0) is 6.54 Å². The van der Waals surface area contributed by atoms with Gasteiger partial charge in [-0.05, 0) is 31.0 Å². The Labute approximate surface area is 126 Å². The lowest BCUT2D eigenvalue weighted by atomic mass is 10.1. The SMILES string of the molecule is c1nc2cc(NCc3nc(C4CCCC4)no3)ccc2s1. The van der Waals surface area contributed by atoms with Crippen LogP contribution in [0, 0.1) is 0 Å². The number of hydrogen-bond donors (Lipinski definition) is 1. The summed E-state index contributed by atoms with van der Waals surface area (Å²) in [7, 11) is 0. The molecule has 6 heteroatoms. The van der Waals surface area contributed by atoms with E-state index in [2.05, 4.69) is 32.6 Å². The molecule has 2 aromatic heterocycles. The van der Waals surface area contributed by atoms with Gasteiger partial charge in [0.2, 0.25) is 5.89 Å². The van der Waals surface area contributed by atoms with Crippen LogP contribution in [0.4, 0.5) is 5.69 Å². The number of nitrogens with zero attached hydrogens (tertiary/aromatic N) is 3. The number of hydrogen-bond acceptors (Lipinski definition) is 6. The predicted octanol–water partition coefficient (Wildman–Crippen LogP) is 3.95. The summed E-state index contributed by atoms with van der Waals surface area (Å²) in [6.45, 7) is 0.551. The van der Waals surface area contributed by atoms with Crippen LogP contribution >= 0.6 is 11.3 Å². The van der Waals surface area contributed by atoms with E-state index in [0.717, 1.165) is 17.0 Å². The molecule has 1 saturated carbocycles. The second-order valence-electron chi connectivity index (χ2n) is 5.42. The molecular weight excluding hydrogens is 284 g/mol. The van der Waals surface area contributed by atoms with Crippen molar-refractivity contribution in [1.82, 2.24) is 15.1 Å². The smallest absolute Gasteiger partial charge is 0.245 e. The van der Waals surface area contributed by atoms with Crippen LogP contribution in [0.1, 0.15) is 43.3 Å². The lowest BCUT2D eigenvalue weighted by Gasteiger charge is -2.03. The van der Waals surface area contributed by atoms with Crippen LogP contribution in [0.25, 0.3) is 10.2 Å². The van der Waals surface area contributed by atoms with Gasteiger partial charge in [0.25, 0.3) is 0 Å². The van der Waals surface area contributed by atoms with Gasteiger partial charge in [-0.15, -0.1) is 11.3 Å². The first-order valence-corrected chi connectivity index (χ1v) is 8.16. The number of fused-ring (bicyclic) bond motifs is 1. The van der Waals surface area contributed by atoms with Crippen molar-refractivity contribution in [2.75, 3.05) is 5.32 Å². The van der Waals surface area contributed by atoms with E-state index in [-0.39, 0.29) is 0 Å². The minimum atomic E-state index is 0.494. The summed E-state index contributed by atoms with van der Waals surface area (Å²) >= 11 is 1.65. The van der Waals surface area contributed by atoms with Crippen molar-refractivity contribution >= 4 is 27.2 Å². The van der Waals surface area contributed by atoms with Gasteiger partial charge in [0.05, 0.1) is 22.3 Å². The summed E-state index contributed by atoms with van der Waals surface area (Å²) in [6.07, 6.45) is 4.93. The maximum Gasteiger partial charge on any atom is 0.245 e. The maximum atomic E-state index is 5.33. The Morgan fingerprint density at radius 2 is 2.19 bits per heavy atom. The van der Waals surface area contributed by atoms with Gasteiger partial charge in [-0.1, -0.05) is 18.0 Å². The lowest BCUT2D eigenvalue weighted by molar-refractivity contribution is 0.374. The Morgan fingerprint density at radius 1 is 1.29 bits per heavy atom. The summed E-state index contributed by atoms with van der Waals surface area (Å²) in [6, 6.07) is 6.17. The molecule has 1 aromatic carbocycles. The van der Waals surface area contributed by atoms with E-state index in [1.54, 1.807) is 11.3 Å². The minimum Gasteiger partial charge on any atom is -0.376 e. The Bertz CT molecular complexity index is 745. The number of nitrogens with one attached hydrogen (secondary N) is 1. The molecule has 0 amide bonds. The highest BCUT2D eigenvalue weighted by atomic mass is 32.1. The van der Waals surface area contributed by atoms with E-state index in [1.807, 2.05) is 11.6 Å². The first-order chi connectivity index (χ1) is 10.4. The Balaban J connectivity index is 1.43. The van der Waals surface area contributed by atoms with E-state index in [9.17, 15) is 0 Å². The standard InChI is InChI=1S/C15H16N4OS/c1-2-4-10(3-1)15-18-14(20-19-15)8-16-11-5-6-13-12(7-11)17-9-21-13/h5-7,9-10,16H,1-4,8H2. The molecule has 1 aliphatic carbocycles. The molecule has 1 fully saturated rings. The molecule has 0 aliphatic heterocycles. The lowest BCUT2D eigenvalue weighted by Crippen LogP contribution is -2.00. The van der Waals surface area contributed by atoms with E-state index in [0.29, 0.717) is 18.4 Å². The quantitative estimate of drug-likeness (QED) is 0.790. The first kappa shape index (κ1) is 12.8. The summed E-state index contributed by atoms with van der Waals surface area (Å²) in [5.41, 5.74) is 3.90. The maximum absolute atomic E-state index is 5.33. The van der Waals surface area contributed by atoms with E-state index in [1.165, 1.54) is 30.4 Å². The summed E-state index contributed by atoms with van der Waals surface area (Å²) in [4.78, 5) is 8.82. The molecule has 21 heavy (non-hydrogen) atoms. The topological polar surface area (TPSA) is 63.8 Å². The number of anilines is 1. The second-order valence-corrected chi connectivity index (χ2v) is 6.30. The molecule has 5 nitrogen and oxygen atoms in total. The third-order valence-electron chi connectivity index (χ3n) is 3.98. The third kappa shape index (κ3) is 2.63. The highest BCUT2D eigenvalue weighted by Crippen LogP contribution is 2.32. The molecule has 0 atom stereocenters. The molecule has 0 unspecified atom stereocenters. The zero-order chi connectivity index (χ0) is 14.1. The number of benzene rings is 1. The molecule has 3 aromatic rings. The van der Waals surface area contributed by atoms with Crippen molar-refractivity contribution in [3.05, 3.63) is 35.4 Å². The Kier molecular flexibility index (Phi) is 3.31. The second kappa shape index (κ2) is 5.44. The largest absolute Gasteiger partial charge is 0.376 e.